The number of amides is 1. The first-order chi connectivity index (χ1) is 10.3. The largest absolute Gasteiger partial charge is 0.496 e. The summed E-state index contributed by atoms with van der Waals surface area (Å²) >= 11 is 0. The van der Waals surface area contributed by atoms with Gasteiger partial charge in [0.15, 0.2) is 0 Å². The summed E-state index contributed by atoms with van der Waals surface area (Å²) in [5.41, 5.74) is 0.448. The van der Waals surface area contributed by atoms with Crippen LogP contribution in [-0.2, 0) is 9.53 Å². The molecule has 1 aromatic rings. The molecule has 1 amide bonds. The zero-order chi connectivity index (χ0) is 16.6. The second-order valence-electron chi connectivity index (χ2n) is 5.94. The third kappa shape index (κ3) is 6.58. The Bertz CT molecular complexity index is 509. The third-order valence-electron chi connectivity index (χ3n) is 2.99. The summed E-state index contributed by atoms with van der Waals surface area (Å²) in [4.78, 5) is 23.6. The molecule has 0 atom stereocenters. The van der Waals surface area contributed by atoms with Crippen LogP contribution in [-0.4, -0.2) is 64.3 Å². The van der Waals surface area contributed by atoms with Gasteiger partial charge in [-0.1, -0.05) is 12.1 Å². The number of methoxy groups -OCH3 is 1. The maximum Gasteiger partial charge on any atom is 0.307 e. The maximum atomic E-state index is 12.0. The summed E-state index contributed by atoms with van der Waals surface area (Å²) in [5.74, 6) is -0.0732. The van der Waals surface area contributed by atoms with Crippen LogP contribution in [0.1, 0.15) is 16.8 Å². The first kappa shape index (κ1) is 18.0. The van der Waals surface area contributed by atoms with Crippen molar-refractivity contribution in [1.29, 1.82) is 0 Å². The van der Waals surface area contributed by atoms with Crippen molar-refractivity contribution >= 4 is 11.9 Å². The molecule has 0 saturated carbocycles. The number of para-hydroxylation sites is 1. The minimum absolute atomic E-state index is 0.151. The van der Waals surface area contributed by atoms with Crippen molar-refractivity contribution in [2.75, 3.05) is 47.9 Å². The Labute approximate surface area is 131 Å². The van der Waals surface area contributed by atoms with Crippen LogP contribution in [0.3, 0.4) is 0 Å². The zero-order valence-electron chi connectivity index (χ0n) is 13.7. The van der Waals surface area contributed by atoms with Crippen LogP contribution in [0.25, 0.3) is 0 Å². The number of nitrogens with zero attached hydrogens (tertiary/aromatic N) is 1. The first-order valence-electron chi connectivity index (χ1n) is 7.21. The smallest absolute Gasteiger partial charge is 0.307 e. The van der Waals surface area contributed by atoms with Gasteiger partial charge in [0.1, 0.15) is 18.9 Å². The molecule has 0 spiro atoms. The van der Waals surface area contributed by atoms with E-state index in [-0.39, 0.29) is 24.8 Å². The summed E-state index contributed by atoms with van der Waals surface area (Å²) in [6.07, 6.45) is 0.151. The topological polar surface area (TPSA) is 64.6 Å². The Kier molecular flexibility index (Phi) is 6.85. The molecule has 0 saturated heterocycles. The van der Waals surface area contributed by atoms with E-state index < -0.39 is 0 Å². The van der Waals surface area contributed by atoms with E-state index in [9.17, 15) is 9.59 Å². The van der Waals surface area contributed by atoms with Gasteiger partial charge in [0, 0.05) is 6.54 Å². The van der Waals surface area contributed by atoms with E-state index in [1.165, 1.54) is 7.11 Å². The van der Waals surface area contributed by atoms with E-state index in [0.29, 0.717) is 17.9 Å². The predicted molar refractivity (Wildman–Crippen MR) is 83.8 cm³/mol. The van der Waals surface area contributed by atoms with Gasteiger partial charge in [-0.2, -0.15) is 0 Å². The summed E-state index contributed by atoms with van der Waals surface area (Å²) < 4.78 is 11.0. The number of benzene rings is 1. The summed E-state index contributed by atoms with van der Waals surface area (Å²) in [6, 6.07) is 6.94. The molecular weight excluding hydrogens is 284 g/mol. The summed E-state index contributed by atoms with van der Waals surface area (Å²) in [7, 11) is 7.60. The Hall–Kier alpha value is -2.08. The fraction of sp³-hybridized carbons (Fsp3) is 0.500. The molecule has 122 valence electrons. The molecule has 22 heavy (non-hydrogen) atoms. The molecule has 0 aliphatic carbocycles. The van der Waals surface area contributed by atoms with E-state index in [1.807, 2.05) is 21.1 Å². The van der Waals surface area contributed by atoms with Crippen LogP contribution in [0, 0.1) is 0 Å². The molecule has 0 aliphatic rings. The number of hydrogen-bond donors (Lipinski definition) is 1. The average molecular weight is 309 g/mol. The molecule has 1 rings (SSSR count). The SMILES string of the molecule is COc1ccccc1C(=O)NCCC(=O)OCC[N+](C)(C)C. The number of carbonyl (C=O) groups is 2. The maximum absolute atomic E-state index is 12.0. The number of nitrogens with one attached hydrogen (secondary N) is 1. The Balaban J connectivity index is 2.32. The van der Waals surface area contributed by atoms with Crippen molar-refractivity contribution in [1.82, 2.24) is 5.32 Å². The zero-order valence-corrected chi connectivity index (χ0v) is 13.7. The number of quaternary nitrogens is 1. The third-order valence-corrected chi connectivity index (χ3v) is 2.99. The highest BCUT2D eigenvalue weighted by Crippen LogP contribution is 2.16. The van der Waals surface area contributed by atoms with Gasteiger partial charge in [0.05, 0.1) is 40.2 Å². The monoisotopic (exact) mass is 309 g/mol. The molecule has 0 aromatic heterocycles. The second-order valence-corrected chi connectivity index (χ2v) is 5.94. The van der Waals surface area contributed by atoms with Gasteiger partial charge in [-0.05, 0) is 12.1 Å². The summed E-state index contributed by atoms with van der Waals surface area (Å²) in [5, 5.41) is 2.69. The molecule has 0 radical (unpaired) electrons. The van der Waals surface area contributed by atoms with E-state index in [1.54, 1.807) is 24.3 Å². The lowest BCUT2D eigenvalue weighted by Gasteiger charge is -2.23. The van der Waals surface area contributed by atoms with E-state index in [4.69, 9.17) is 9.47 Å². The number of esters is 1. The molecule has 0 heterocycles. The predicted octanol–water partition coefficient (Wildman–Crippen LogP) is 1.06. The highest BCUT2D eigenvalue weighted by atomic mass is 16.5. The van der Waals surface area contributed by atoms with Gasteiger partial charge >= 0.3 is 5.97 Å². The van der Waals surface area contributed by atoms with Crippen molar-refractivity contribution in [3.05, 3.63) is 29.8 Å². The van der Waals surface area contributed by atoms with Crippen LogP contribution in [0.4, 0.5) is 0 Å². The van der Waals surface area contributed by atoms with E-state index in [2.05, 4.69) is 5.32 Å². The highest BCUT2D eigenvalue weighted by Gasteiger charge is 2.12. The lowest BCUT2D eigenvalue weighted by Crippen LogP contribution is -2.38. The fourth-order valence-electron chi connectivity index (χ4n) is 1.71. The lowest BCUT2D eigenvalue weighted by atomic mass is 10.2. The molecule has 0 fully saturated rings. The number of likely N-dealkylation sites (N-methyl/N-ethyl adjacent to an activating group) is 1. The first-order valence-corrected chi connectivity index (χ1v) is 7.21. The Morgan fingerprint density at radius 1 is 1.18 bits per heavy atom. The van der Waals surface area contributed by atoms with E-state index in [0.717, 1.165) is 11.0 Å². The minimum Gasteiger partial charge on any atom is -0.496 e. The number of hydrogen-bond acceptors (Lipinski definition) is 4. The molecule has 0 aliphatic heterocycles. The van der Waals surface area contributed by atoms with Crippen LogP contribution >= 0.6 is 0 Å². The average Bonchev–Trinajstić information content (AvgIpc) is 2.45. The van der Waals surface area contributed by atoms with Crippen molar-refractivity contribution in [3.8, 4) is 5.75 Å². The van der Waals surface area contributed by atoms with Crippen LogP contribution in [0.15, 0.2) is 24.3 Å². The van der Waals surface area contributed by atoms with Crippen molar-refractivity contribution < 1.29 is 23.5 Å². The van der Waals surface area contributed by atoms with Gasteiger partial charge in [0.25, 0.3) is 5.91 Å². The molecule has 1 N–H and O–H groups in total. The molecule has 0 unspecified atom stereocenters. The molecule has 1 aromatic carbocycles. The van der Waals surface area contributed by atoms with Gasteiger partial charge < -0.3 is 19.3 Å². The highest BCUT2D eigenvalue weighted by molar-refractivity contribution is 5.97. The van der Waals surface area contributed by atoms with Crippen molar-refractivity contribution in [2.45, 2.75) is 6.42 Å². The lowest BCUT2D eigenvalue weighted by molar-refractivity contribution is -0.870. The minimum atomic E-state index is -0.311. The van der Waals surface area contributed by atoms with Gasteiger partial charge in [-0.15, -0.1) is 0 Å². The van der Waals surface area contributed by atoms with Gasteiger partial charge in [-0.25, -0.2) is 0 Å². The second kappa shape index (κ2) is 8.38. The standard InChI is InChI=1S/C16H24N2O4/c1-18(2,3)11-12-22-15(19)9-10-17-16(20)13-7-5-6-8-14(13)21-4/h5-8H,9-12H2,1-4H3/p+1. The number of ether oxygens (including phenoxy) is 2. The Morgan fingerprint density at radius 2 is 1.86 bits per heavy atom. The van der Waals surface area contributed by atoms with Crippen LogP contribution < -0.4 is 10.1 Å². The number of rotatable bonds is 8. The molecule has 6 nitrogen and oxygen atoms in total. The fourth-order valence-corrected chi connectivity index (χ4v) is 1.71. The normalized spacial score (nSPS) is 10.9. The quantitative estimate of drug-likeness (QED) is 0.576. The molecule has 6 heteroatoms. The Morgan fingerprint density at radius 3 is 2.50 bits per heavy atom. The van der Waals surface area contributed by atoms with Crippen LogP contribution in [0.5, 0.6) is 5.75 Å². The van der Waals surface area contributed by atoms with Crippen molar-refractivity contribution in [2.24, 2.45) is 0 Å². The van der Waals surface area contributed by atoms with E-state index >= 15 is 0 Å². The summed E-state index contributed by atoms with van der Waals surface area (Å²) in [6.45, 7) is 1.36. The van der Waals surface area contributed by atoms with Gasteiger partial charge in [-0.3, -0.25) is 9.59 Å². The van der Waals surface area contributed by atoms with Crippen LogP contribution in [0.2, 0.25) is 0 Å². The number of carbonyl (C=O) groups excluding carboxylic acids is 2. The molecular formula is C16H25N2O4+. The molecule has 0 bridgehead atoms. The van der Waals surface area contributed by atoms with Gasteiger partial charge in [0.2, 0.25) is 0 Å². The van der Waals surface area contributed by atoms with Crippen molar-refractivity contribution in [3.63, 3.8) is 0 Å².